The fourth-order valence-corrected chi connectivity index (χ4v) is 3.19. The Labute approximate surface area is 154 Å². The van der Waals surface area contributed by atoms with Crippen molar-refractivity contribution in [2.24, 2.45) is 5.73 Å². The van der Waals surface area contributed by atoms with Crippen molar-refractivity contribution in [1.82, 2.24) is 9.97 Å². The van der Waals surface area contributed by atoms with Crippen LogP contribution in [0.25, 0.3) is 11.1 Å². The highest BCUT2D eigenvalue weighted by molar-refractivity contribution is 7.99. The number of anilines is 1. The van der Waals surface area contributed by atoms with Crippen LogP contribution in [0.3, 0.4) is 0 Å². The number of rotatable bonds is 6. The third-order valence-corrected chi connectivity index (χ3v) is 4.70. The number of nitrogens with zero attached hydrogens (tertiary/aromatic N) is 2. The molecular formula is C18H18N4O3S. The zero-order valence-electron chi connectivity index (χ0n) is 14.4. The molecule has 0 radical (unpaired) electrons. The standard InChI is InChI=1S/C18H18N4O3S/c1-10-11(2)25-17-14(10)15(20-16(24)12-6-4-3-5-7-12)21-18(22-17)26-9-8-13(19)23/h3-7H,8-9H2,1-2H3,(H2,19,23)(H,20,21,22,24). The van der Waals surface area contributed by atoms with Gasteiger partial charge in [-0.25, -0.2) is 4.98 Å². The summed E-state index contributed by atoms with van der Waals surface area (Å²) < 4.78 is 5.69. The van der Waals surface area contributed by atoms with Gasteiger partial charge in [-0.1, -0.05) is 30.0 Å². The summed E-state index contributed by atoms with van der Waals surface area (Å²) in [6, 6.07) is 8.88. The highest BCUT2D eigenvalue weighted by Crippen LogP contribution is 2.31. The van der Waals surface area contributed by atoms with Crippen molar-refractivity contribution in [3.8, 4) is 0 Å². The Hall–Kier alpha value is -2.87. The Morgan fingerprint density at radius 1 is 1.19 bits per heavy atom. The number of carbonyl (C=O) groups is 2. The van der Waals surface area contributed by atoms with Crippen LogP contribution in [0.5, 0.6) is 0 Å². The van der Waals surface area contributed by atoms with Gasteiger partial charge in [0.25, 0.3) is 5.91 Å². The number of furan rings is 1. The Morgan fingerprint density at radius 2 is 1.92 bits per heavy atom. The van der Waals surface area contributed by atoms with Gasteiger partial charge in [-0.2, -0.15) is 4.98 Å². The van der Waals surface area contributed by atoms with Crippen LogP contribution in [0.2, 0.25) is 0 Å². The molecule has 0 saturated heterocycles. The van der Waals surface area contributed by atoms with Crippen molar-refractivity contribution < 1.29 is 14.0 Å². The Bertz CT molecular complexity index is 969. The van der Waals surface area contributed by atoms with Gasteiger partial charge >= 0.3 is 0 Å². The molecule has 2 heterocycles. The molecule has 0 atom stereocenters. The van der Waals surface area contributed by atoms with Gasteiger partial charge in [0.05, 0.1) is 5.39 Å². The average molecular weight is 370 g/mol. The number of fused-ring (bicyclic) bond motifs is 1. The Morgan fingerprint density at radius 3 is 2.62 bits per heavy atom. The van der Waals surface area contributed by atoms with Gasteiger partial charge in [0.15, 0.2) is 5.16 Å². The molecule has 0 spiro atoms. The van der Waals surface area contributed by atoms with E-state index < -0.39 is 0 Å². The van der Waals surface area contributed by atoms with E-state index in [0.717, 1.165) is 5.56 Å². The normalized spacial score (nSPS) is 10.8. The van der Waals surface area contributed by atoms with E-state index >= 15 is 0 Å². The number of primary amides is 1. The number of hydrogen-bond acceptors (Lipinski definition) is 6. The summed E-state index contributed by atoms with van der Waals surface area (Å²) in [5.41, 5.74) is 6.96. The molecule has 1 aromatic carbocycles. The number of nitrogens with one attached hydrogen (secondary N) is 1. The zero-order valence-corrected chi connectivity index (χ0v) is 15.2. The molecule has 0 fully saturated rings. The summed E-state index contributed by atoms with van der Waals surface area (Å²) in [7, 11) is 0. The first-order valence-corrected chi connectivity index (χ1v) is 8.99. The first-order valence-electron chi connectivity index (χ1n) is 8.01. The van der Waals surface area contributed by atoms with E-state index in [2.05, 4.69) is 15.3 Å². The number of benzene rings is 1. The maximum atomic E-state index is 12.5. The summed E-state index contributed by atoms with van der Waals surface area (Å²) in [5, 5.41) is 3.93. The summed E-state index contributed by atoms with van der Waals surface area (Å²) in [6.45, 7) is 3.72. The van der Waals surface area contributed by atoms with Gasteiger partial charge in [-0.15, -0.1) is 0 Å². The van der Waals surface area contributed by atoms with Gasteiger partial charge in [0.2, 0.25) is 11.6 Å². The third-order valence-electron chi connectivity index (χ3n) is 3.86. The van der Waals surface area contributed by atoms with Crippen LogP contribution < -0.4 is 11.1 Å². The van der Waals surface area contributed by atoms with Crippen LogP contribution in [0.4, 0.5) is 5.82 Å². The van der Waals surface area contributed by atoms with Crippen molar-refractivity contribution in [1.29, 1.82) is 0 Å². The summed E-state index contributed by atoms with van der Waals surface area (Å²) in [6.07, 6.45) is 0.216. The van der Waals surface area contributed by atoms with Crippen molar-refractivity contribution in [2.45, 2.75) is 25.4 Å². The van der Waals surface area contributed by atoms with Crippen LogP contribution in [-0.4, -0.2) is 27.5 Å². The lowest BCUT2D eigenvalue weighted by molar-refractivity contribution is -0.117. The lowest BCUT2D eigenvalue weighted by Gasteiger charge is -2.08. The fraction of sp³-hybridized carbons (Fsp3) is 0.222. The molecule has 0 aliphatic heterocycles. The number of amides is 2. The van der Waals surface area contributed by atoms with Crippen LogP contribution >= 0.6 is 11.8 Å². The third kappa shape index (κ3) is 3.85. The number of thioether (sulfide) groups is 1. The predicted molar refractivity (Wildman–Crippen MR) is 100 cm³/mol. The molecule has 3 N–H and O–H groups in total. The first kappa shape index (κ1) is 17.9. The second-order valence-corrected chi connectivity index (χ2v) is 6.77. The largest absolute Gasteiger partial charge is 0.443 e. The lowest BCUT2D eigenvalue weighted by Crippen LogP contribution is -2.14. The van der Waals surface area contributed by atoms with E-state index in [1.807, 2.05) is 19.9 Å². The number of hydrogen-bond donors (Lipinski definition) is 2. The zero-order chi connectivity index (χ0) is 18.7. The monoisotopic (exact) mass is 370 g/mol. The van der Waals surface area contributed by atoms with E-state index in [9.17, 15) is 9.59 Å². The van der Waals surface area contributed by atoms with E-state index in [1.165, 1.54) is 11.8 Å². The van der Waals surface area contributed by atoms with Crippen LogP contribution in [-0.2, 0) is 4.79 Å². The molecule has 0 unspecified atom stereocenters. The number of nitrogens with two attached hydrogens (primary N) is 1. The van der Waals surface area contributed by atoms with Crippen LogP contribution in [0, 0.1) is 13.8 Å². The van der Waals surface area contributed by atoms with E-state index in [0.29, 0.717) is 39.2 Å². The van der Waals surface area contributed by atoms with Crippen molar-refractivity contribution in [3.05, 3.63) is 47.2 Å². The molecule has 8 heteroatoms. The number of aromatic nitrogens is 2. The quantitative estimate of drug-likeness (QED) is 0.509. The molecular weight excluding hydrogens is 352 g/mol. The highest BCUT2D eigenvalue weighted by Gasteiger charge is 2.18. The molecule has 0 bridgehead atoms. The van der Waals surface area contributed by atoms with Crippen molar-refractivity contribution in [2.75, 3.05) is 11.1 Å². The SMILES string of the molecule is Cc1oc2nc(SCCC(N)=O)nc(NC(=O)c3ccccc3)c2c1C. The summed E-state index contributed by atoms with van der Waals surface area (Å²) in [5.74, 6) is 0.896. The molecule has 7 nitrogen and oxygen atoms in total. The lowest BCUT2D eigenvalue weighted by atomic mass is 10.2. The molecule has 2 aromatic heterocycles. The minimum absolute atomic E-state index is 0.216. The molecule has 134 valence electrons. The summed E-state index contributed by atoms with van der Waals surface area (Å²) in [4.78, 5) is 32.3. The minimum atomic E-state index is -0.388. The van der Waals surface area contributed by atoms with Gasteiger partial charge in [-0.3, -0.25) is 9.59 Å². The first-order chi connectivity index (χ1) is 12.5. The van der Waals surface area contributed by atoms with Gasteiger partial charge in [0.1, 0.15) is 11.6 Å². The topological polar surface area (TPSA) is 111 Å². The van der Waals surface area contributed by atoms with E-state index in [1.54, 1.807) is 24.3 Å². The Balaban J connectivity index is 1.95. The average Bonchev–Trinajstić information content (AvgIpc) is 2.89. The van der Waals surface area contributed by atoms with Gasteiger partial charge in [0, 0.05) is 23.3 Å². The maximum absolute atomic E-state index is 12.5. The highest BCUT2D eigenvalue weighted by atomic mass is 32.2. The summed E-state index contributed by atoms with van der Waals surface area (Å²) >= 11 is 1.28. The number of aryl methyl sites for hydroxylation is 2. The maximum Gasteiger partial charge on any atom is 0.256 e. The molecule has 0 aliphatic rings. The molecule has 0 saturated carbocycles. The fourth-order valence-electron chi connectivity index (χ4n) is 2.40. The second kappa shape index (κ2) is 7.57. The van der Waals surface area contributed by atoms with E-state index in [4.69, 9.17) is 10.2 Å². The van der Waals surface area contributed by atoms with E-state index in [-0.39, 0.29) is 18.2 Å². The van der Waals surface area contributed by atoms with Gasteiger partial charge in [-0.05, 0) is 26.0 Å². The molecule has 26 heavy (non-hydrogen) atoms. The molecule has 2 amide bonds. The van der Waals surface area contributed by atoms with Crippen LogP contribution in [0.1, 0.15) is 28.1 Å². The number of carbonyl (C=O) groups excluding carboxylic acids is 2. The molecule has 3 rings (SSSR count). The Kier molecular flexibility index (Phi) is 5.22. The molecule has 3 aromatic rings. The predicted octanol–water partition coefficient (Wildman–Crippen LogP) is 3.06. The smallest absolute Gasteiger partial charge is 0.256 e. The van der Waals surface area contributed by atoms with Crippen molar-refractivity contribution in [3.63, 3.8) is 0 Å². The second-order valence-electron chi connectivity index (χ2n) is 5.70. The van der Waals surface area contributed by atoms with Gasteiger partial charge < -0.3 is 15.5 Å². The minimum Gasteiger partial charge on any atom is -0.443 e. The molecule has 0 aliphatic carbocycles. The van der Waals surface area contributed by atoms with Crippen molar-refractivity contribution >= 4 is 40.5 Å². The van der Waals surface area contributed by atoms with Crippen LogP contribution in [0.15, 0.2) is 39.9 Å².